The van der Waals surface area contributed by atoms with Gasteiger partial charge < -0.3 is 9.94 Å². The number of fused-ring (bicyclic) bond motifs is 1. The molecule has 0 N–H and O–H groups in total. The van der Waals surface area contributed by atoms with Crippen molar-refractivity contribution >= 4 is 28.5 Å². The van der Waals surface area contributed by atoms with Gasteiger partial charge in [-0.05, 0) is 30.7 Å². The van der Waals surface area contributed by atoms with Crippen LogP contribution in [0.2, 0.25) is 5.15 Å². The second-order valence-electron chi connectivity index (χ2n) is 3.56. The molecule has 94 valence electrons. The summed E-state index contributed by atoms with van der Waals surface area (Å²) in [7, 11) is 0. The molecule has 0 fully saturated rings. The molecule has 0 radical (unpaired) electrons. The van der Waals surface area contributed by atoms with Gasteiger partial charge in [0.05, 0.1) is 17.6 Å². The Hall–Kier alpha value is -1.88. The van der Waals surface area contributed by atoms with Gasteiger partial charge in [-0.2, -0.15) is 4.73 Å². The lowest BCUT2D eigenvalue weighted by molar-refractivity contribution is -0.574. The third-order valence-corrected chi connectivity index (χ3v) is 2.68. The lowest BCUT2D eigenvalue weighted by Gasteiger charge is -2.08. The van der Waals surface area contributed by atoms with Crippen LogP contribution >= 0.6 is 11.6 Å². The third kappa shape index (κ3) is 2.09. The first-order valence-electron chi connectivity index (χ1n) is 5.23. The number of ether oxygens (including phenoxy) is 1. The first kappa shape index (κ1) is 12.6. The molecule has 0 aliphatic rings. The summed E-state index contributed by atoms with van der Waals surface area (Å²) in [5.41, 5.74) is 0.190. The minimum absolute atomic E-state index is 0.0726. The first-order chi connectivity index (χ1) is 8.54. The zero-order valence-corrected chi connectivity index (χ0v) is 10.2. The molecule has 1 heterocycles. The second kappa shape index (κ2) is 4.78. The smallest absolute Gasteiger partial charge is 0.339 e. The highest BCUT2D eigenvalue weighted by Gasteiger charge is 2.20. The molecule has 2 aromatic rings. The number of pyridine rings is 1. The number of benzene rings is 1. The molecule has 0 atom stereocenters. The lowest BCUT2D eigenvalue weighted by Crippen LogP contribution is -2.29. The maximum absolute atomic E-state index is 13.2. The lowest BCUT2D eigenvalue weighted by atomic mass is 10.1. The van der Waals surface area contributed by atoms with Crippen LogP contribution in [0.3, 0.4) is 0 Å². The van der Waals surface area contributed by atoms with Crippen molar-refractivity contribution in [3.63, 3.8) is 0 Å². The number of halogens is 2. The van der Waals surface area contributed by atoms with Crippen LogP contribution in [0, 0.1) is 11.0 Å². The predicted octanol–water partition coefficient (Wildman–Crippen LogP) is 2.44. The highest BCUT2D eigenvalue weighted by atomic mass is 35.5. The van der Waals surface area contributed by atoms with E-state index in [1.807, 2.05) is 0 Å². The second-order valence-corrected chi connectivity index (χ2v) is 3.94. The molecule has 0 bridgehead atoms. The van der Waals surface area contributed by atoms with Crippen molar-refractivity contribution in [3.05, 3.63) is 46.0 Å². The summed E-state index contributed by atoms with van der Waals surface area (Å²) in [6, 6.07) is 4.68. The van der Waals surface area contributed by atoms with E-state index >= 15 is 0 Å². The van der Waals surface area contributed by atoms with Crippen molar-refractivity contribution in [2.75, 3.05) is 6.61 Å². The number of carbonyl (C=O) groups excluding carboxylic acids is 1. The van der Waals surface area contributed by atoms with E-state index < -0.39 is 11.8 Å². The molecule has 0 aliphatic heterocycles. The largest absolute Gasteiger partial charge is 0.617 e. The Morgan fingerprint density at radius 2 is 2.22 bits per heavy atom. The standard InChI is InChI=1S/C12H9ClFNO3/c1-2-18-12(16)9-6-11(13)15(17)10-4-3-7(14)5-8(9)10/h3-6H,2H2,1H3. The fraction of sp³-hybridized carbons (Fsp3) is 0.167. The van der Waals surface area contributed by atoms with E-state index in [1.54, 1.807) is 6.92 Å². The number of hydrogen-bond acceptors (Lipinski definition) is 3. The molecule has 0 amide bonds. The summed E-state index contributed by atoms with van der Waals surface area (Å²) in [4.78, 5) is 11.7. The third-order valence-electron chi connectivity index (χ3n) is 2.42. The summed E-state index contributed by atoms with van der Waals surface area (Å²) in [5, 5.41) is 11.7. The predicted molar refractivity (Wildman–Crippen MR) is 63.8 cm³/mol. The Balaban J connectivity index is 2.76. The normalized spacial score (nSPS) is 10.6. The van der Waals surface area contributed by atoms with Crippen LogP contribution < -0.4 is 4.73 Å². The number of rotatable bonds is 2. The minimum atomic E-state index is -0.643. The van der Waals surface area contributed by atoms with Crippen LogP contribution in [0.4, 0.5) is 4.39 Å². The van der Waals surface area contributed by atoms with Crippen LogP contribution in [0.25, 0.3) is 10.9 Å². The fourth-order valence-corrected chi connectivity index (χ4v) is 1.85. The van der Waals surface area contributed by atoms with Crippen LogP contribution in [0.5, 0.6) is 0 Å². The highest BCUT2D eigenvalue weighted by Crippen LogP contribution is 2.21. The molecular weight excluding hydrogens is 261 g/mol. The highest BCUT2D eigenvalue weighted by molar-refractivity contribution is 6.29. The van der Waals surface area contributed by atoms with Crippen LogP contribution in [0.1, 0.15) is 17.3 Å². The quantitative estimate of drug-likeness (QED) is 0.364. The van der Waals surface area contributed by atoms with Gasteiger partial charge in [0.1, 0.15) is 5.82 Å². The van der Waals surface area contributed by atoms with E-state index in [9.17, 15) is 14.4 Å². The monoisotopic (exact) mass is 269 g/mol. The molecule has 0 spiro atoms. The summed E-state index contributed by atoms with van der Waals surface area (Å²) in [5.74, 6) is -1.19. The van der Waals surface area contributed by atoms with Crippen molar-refractivity contribution in [1.29, 1.82) is 0 Å². The van der Waals surface area contributed by atoms with Gasteiger partial charge in [-0.25, -0.2) is 9.18 Å². The number of hydrogen-bond donors (Lipinski definition) is 0. The molecular formula is C12H9ClFNO3. The van der Waals surface area contributed by atoms with Gasteiger partial charge in [0.15, 0.2) is 0 Å². The Labute approximate surface area is 107 Å². The van der Waals surface area contributed by atoms with Gasteiger partial charge in [-0.3, -0.25) is 0 Å². The SMILES string of the molecule is CCOC(=O)c1cc(Cl)[n+]([O-])c2ccc(F)cc12. The maximum Gasteiger partial charge on any atom is 0.339 e. The molecule has 4 nitrogen and oxygen atoms in total. The average molecular weight is 270 g/mol. The average Bonchev–Trinajstić information content (AvgIpc) is 2.34. The van der Waals surface area contributed by atoms with E-state index in [-0.39, 0.29) is 28.2 Å². The van der Waals surface area contributed by atoms with Gasteiger partial charge >= 0.3 is 5.97 Å². The summed E-state index contributed by atoms with van der Waals surface area (Å²) in [6.45, 7) is 1.83. The molecule has 18 heavy (non-hydrogen) atoms. The van der Waals surface area contributed by atoms with Crippen LogP contribution in [0.15, 0.2) is 24.3 Å². The topological polar surface area (TPSA) is 53.2 Å². The Morgan fingerprint density at radius 3 is 2.89 bits per heavy atom. The fourth-order valence-electron chi connectivity index (χ4n) is 1.65. The van der Waals surface area contributed by atoms with Crippen molar-refractivity contribution in [2.45, 2.75) is 6.92 Å². The molecule has 2 rings (SSSR count). The Kier molecular flexibility index (Phi) is 3.34. The van der Waals surface area contributed by atoms with Crippen molar-refractivity contribution in [1.82, 2.24) is 0 Å². The molecule has 0 saturated carbocycles. The van der Waals surface area contributed by atoms with E-state index in [4.69, 9.17) is 16.3 Å². The van der Waals surface area contributed by atoms with E-state index in [0.29, 0.717) is 4.73 Å². The number of aromatic nitrogens is 1. The van der Waals surface area contributed by atoms with Gasteiger partial charge in [0.2, 0.25) is 5.52 Å². The zero-order chi connectivity index (χ0) is 13.3. The van der Waals surface area contributed by atoms with E-state index in [0.717, 1.165) is 12.1 Å². The molecule has 0 aliphatic carbocycles. The van der Waals surface area contributed by atoms with E-state index in [1.165, 1.54) is 12.1 Å². The Morgan fingerprint density at radius 1 is 1.50 bits per heavy atom. The zero-order valence-electron chi connectivity index (χ0n) is 9.44. The number of carbonyl (C=O) groups is 1. The van der Waals surface area contributed by atoms with Crippen molar-refractivity contribution in [2.24, 2.45) is 0 Å². The summed E-state index contributed by atoms with van der Waals surface area (Å²) < 4.78 is 18.5. The molecule has 1 aromatic heterocycles. The van der Waals surface area contributed by atoms with Gasteiger partial charge in [0.25, 0.3) is 5.15 Å². The Bertz CT molecular complexity index is 630. The minimum Gasteiger partial charge on any atom is -0.617 e. The molecule has 1 aromatic carbocycles. The van der Waals surface area contributed by atoms with Crippen molar-refractivity contribution < 1.29 is 18.7 Å². The molecule has 6 heteroatoms. The maximum atomic E-state index is 13.2. The summed E-state index contributed by atoms with van der Waals surface area (Å²) in [6.07, 6.45) is 0. The number of esters is 1. The first-order valence-corrected chi connectivity index (χ1v) is 5.61. The summed E-state index contributed by atoms with van der Waals surface area (Å²) >= 11 is 5.73. The van der Waals surface area contributed by atoms with Crippen LogP contribution in [-0.2, 0) is 4.74 Å². The molecule has 0 saturated heterocycles. The molecule has 0 unspecified atom stereocenters. The van der Waals surface area contributed by atoms with Gasteiger partial charge in [-0.1, -0.05) is 0 Å². The van der Waals surface area contributed by atoms with Crippen LogP contribution in [-0.4, -0.2) is 12.6 Å². The van der Waals surface area contributed by atoms with E-state index in [2.05, 4.69) is 0 Å². The van der Waals surface area contributed by atoms with Gasteiger partial charge in [0, 0.05) is 12.1 Å². The van der Waals surface area contributed by atoms with Gasteiger partial charge in [-0.15, -0.1) is 0 Å². The van der Waals surface area contributed by atoms with Crippen molar-refractivity contribution in [3.8, 4) is 0 Å². The number of nitrogens with zero attached hydrogens (tertiary/aromatic N) is 1.